The Labute approximate surface area is 228 Å². The Morgan fingerprint density at radius 3 is 2.56 bits per heavy atom. The number of fused-ring (bicyclic) bond motifs is 1. The van der Waals surface area contributed by atoms with E-state index in [9.17, 15) is 18.0 Å². The molecule has 0 spiro atoms. The SMILES string of the molecule is CC[C@@H](Cn1ccc(NC(=O)c2ccccc2)nc1=O)O[P@@]1O[C@H](CS(=O)(=O)c2ccccc2)[C@@H]2CCCN21. The number of carbonyl (C=O) groups excluding carboxylic acids is 1. The Morgan fingerprint density at radius 1 is 1.15 bits per heavy atom. The van der Waals surface area contributed by atoms with Crippen molar-refractivity contribution in [2.45, 2.75) is 55.9 Å². The number of rotatable bonds is 10. The van der Waals surface area contributed by atoms with Crippen molar-refractivity contribution in [2.75, 3.05) is 17.6 Å². The molecule has 0 saturated carbocycles. The van der Waals surface area contributed by atoms with Crippen molar-refractivity contribution in [3.05, 3.63) is 89.0 Å². The van der Waals surface area contributed by atoms with Crippen LogP contribution < -0.4 is 11.0 Å². The zero-order chi connectivity index (χ0) is 27.4. The molecule has 2 fully saturated rings. The Balaban J connectivity index is 1.23. The molecule has 10 nitrogen and oxygen atoms in total. The van der Waals surface area contributed by atoms with Crippen LogP contribution >= 0.6 is 8.53 Å². The fraction of sp³-hybridized carbons (Fsp3) is 0.370. The number of amides is 1. The molecule has 3 heterocycles. The number of nitrogens with zero attached hydrogens (tertiary/aromatic N) is 3. The third-order valence-corrected chi connectivity index (χ3v) is 10.5. The fourth-order valence-electron chi connectivity index (χ4n) is 4.77. The van der Waals surface area contributed by atoms with Crippen molar-refractivity contribution >= 4 is 30.1 Å². The summed E-state index contributed by atoms with van der Waals surface area (Å²) in [5.41, 5.74) is -0.0363. The lowest BCUT2D eigenvalue weighted by atomic mass is 10.1. The van der Waals surface area contributed by atoms with Crippen LogP contribution in [0.4, 0.5) is 5.82 Å². The standard InChI is InChI=1S/C27H31N4O6PS/c1-2-21(18-30-17-15-25(29-27(30)33)28-26(32)20-10-5-3-6-11-20)36-38-31-16-9-14-23(31)24(37-38)19-39(34,35)22-12-7-4-8-13-22/h3-8,10-13,15,17,21,23-24H,2,9,14,16,18-19H2,1H3,(H,28,29,32,33)/t21-,23-,24+,38-/m0/s1. The first-order valence-electron chi connectivity index (χ1n) is 13.0. The number of carbonyl (C=O) groups is 1. The van der Waals surface area contributed by atoms with Crippen LogP contribution in [0, 0.1) is 0 Å². The van der Waals surface area contributed by atoms with Crippen molar-refractivity contribution in [3.63, 3.8) is 0 Å². The Hall–Kier alpha value is -2.95. The number of hydrogen-bond acceptors (Lipinski definition) is 8. The van der Waals surface area contributed by atoms with Gasteiger partial charge in [-0.15, -0.1) is 0 Å². The maximum absolute atomic E-state index is 13.0. The molecule has 12 heteroatoms. The number of hydrogen-bond donors (Lipinski definition) is 1. The molecule has 3 aromatic rings. The van der Waals surface area contributed by atoms with Crippen LogP contribution in [0.3, 0.4) is 0 Å². The number of aromatic nitrogens is 2. The summed E-state index contributed by atoms with van der Waals surface area (Å²) in [6.07, 6.45) is 3.19. The van der Waals surface area contributed by atoms with Crippen LogP contribution in [0.5, 0.6) is 0 Å². The van der Waals surface area contributed by atoms with Gasteiger partial charge in [-0.3, -0.25) is 9.36 Å². The first kappa shape index (κ1) is 27.6. The molecule has 39 heavy (non-hydrogen) atoms. The summed E-state index contributed by atoms with van der Waals surface area (Å²) < 4.78 is 42.2. The van der Waals surface area contributed by atoms with Gasteiger partial charge in [0, 0.05) is 24.3 Å². The second kappa shape index (κ2) is 12.1. The van der Waals surface area contributed by atoms with Crippen LogP contribution in [0.25, 0.3) is 0 Å². The highest BCUT2D eigenvalue weighted by atomic mass is 32.2. The van der Waals surface area contributed by atoms with Gasteiger partial charge in [-0.1, -0.05) is 43.3 Å². The number of benzene rings is 2. The molecule has 2 aromatic carbocycles. The van der Waals surface area contributed by atoms with Crippen molar-refractivity contribution in [1.82, 2.24) is 14.2 Å². The minimum atomic E-state index is -3.51. The summed E-state index contributed by atoms with van der Waals surface area (Å²) in [4.78, 5) is 29.4. The maximum Gasteiger partial charge on any atom is 0.349 e. The van der Waals surface area contributed by atoms with E-state index >= 15 is 0 Å². The first-order chi connectivity index (χ1) is 18.8. The lowest BCUT2D eigenvalue weighted by molar-refractivity contribution is 0.102. The van der Waals surface area contributed by atoms with Gasteiger partial charge in [0.1, 0.15) is 5.82 Å². The van der Waals surface area contributed by atoms with Crippen molar-refractivity contribution in [1.29, 1.82) is 0 Å². The van der Waals surface area contributed by atoms with E-state index in [1.807, 2.05) is 13.0 Å². The topological polar surface area (TPSA) is 120 Å². The van der Waals surface area contributed by atoms with Crippen LogP contribution in [0.15, 0.2) is 82.6 Å². The second-order valence-corrected chi connectivity index (χ2v) is 13.0. The summed E-state index contributed by atoms with van der Waals surface area (Å²) in [6.45, 7) is 3.00. The van der Waals surface area contributed by atoms with E-state index in [1.54, 1.807) is 66.9 Å². The number of nitrogens with one attached hydrogen (secondary N) is 1. The molecule has 0 aliphatic carbocycles. The number of anilines is 1. The summed E-state index contributed by atoms with van der Waals surface area (Å²) in [7, 11) is -4.97. The minimum absolute atomic E-state index is 0.0102. The summed E-state index contributed by atoms with van der Waals surface area (Å²) in [6, 6.07) is 18.7. The largest absolute Gasteiger partial charge is 0.349 e. The average Bonchev–Trinajstić information content (AvgIpc) is 3.55. The van der Waals surface area contributed by atoms with Gasteiger partial charge in [0.15, 0.2) is 9.84 Å². The lowest BCUT2D eigenvalue weighted by Crippen LogP contribution is -2.33. The average molecular weight is 571 g/mol. The van der Waals surface area contributed by atoms with Crippen LogP contribution in [0.1, 0.15) is 36.5 Å². The van der Waals surface area contributed by atoms with E-state index in [0.29, 0.717) is 12.0 Å². The van der Waals surface area contributed by atoms with Gasteiger partial charge >= 0.3 is 5.69 Å². The quantitative estimate of drug-likeness (QED) is 0.365. The zero-order valence-electron chi connectivity index (χ0n) is 21.5. The van der Waals surface area contributed by atoms with Crippen LogP contribution in [0.2, 0.25) is 0 Å². The highest BCUT2D eigenvalue weighted by Gasteiger charge is 2.48. The van der Waals surface area contributed by atoms with Gasteiger partial charge in [-0.25, -0.2) is 17.9 Å². The molecular weight excluding hydrogens is 539 g/mol. The lowest BCUT2D eigenvalue weighted by Gasteiger charge is -2.25. The van der Waals surface area contributed by atoms with Crippen molar-refractivity contribution in [2.24, 2.45) is 0 Å². The Bertz CT molecular complexity index is 1450. The molecule has 0 bridgehead atoms. The molecule has 5 rings (SSSR count). The zero-order valence-corrected chi connectivity index (χ0v) is 23.3. The predicted octanol–water partition coefficient (Wildman–Crippen LogP) is 3.85. The molecule has 0 unspecified atom stereocenters. The normalized spacial score (nSPS) is 21.9. The summed E-state index contributed by atoms with van der Waals surface area (Å²) in [5.74, 6) is -0.276. The molecule has 1 N–H and O–H groups in total. The molecule has 2 aliphatic rings. The maximum atomic E-state index is 13.0. The third-order valence-electron chi connectivity index (χ3n) is 6.87. The Morgan fingerprint density at radius 2 is 1.87 bits per heavy atom. The number of sulfone groups is 1. The third kappa shape index (κ3) is 6.45. The minimum Gasteiger partial charge on any atom is -0.317 e. The van der Waals surface area contributed by atoms with Crippen LogP contribution in [-0.2, 0) is 25.4 Å². The molecule has 2 aliphatic heterocycles. The van der Waals surface area contributed by atoms with E-state index < -0.39 is 30.2 Å². The smallest absolute Gasteiger partial charge is 0.317 e. The van der Waals surface area contributed by atoms with Gasteiger partial charge in [-0.05, 0) is 49.6 Å². The molecular formula is C27H31N4O6PS. The van der Waals surface area contributed by atoms with Crippen molar-refractivity contribution in [3.8, 4) is 0 Å². The molecule has 1 aromatic heterocycles. The summed E-state index contributed by atoms with van der Waals surface area (Å²) in [5, 5.41) is 2.65. The van der Waals surface area contributed by atoms with Gasteiger partial charge in [0.05, 0.1) is 29.4 Å². The molecule has 4 atom stereocenters. The Kier molecular flexibility index (Phi) is 8.54. The highest BCUT2D eigenvalue weighted by Crippen LogP contribution is 2.56. The van der Waals surface area contributed by atoms with E-state index in [2.05, 4.69) is 15.0 Å². The predicted molar refractivity (Wildman–Crippen MR) is 148 cm³/mol. The molecule has 2 saturated heterocycles. The monoisotopic (exact) mass is 570 g/mol. The summed E-state index contributed by atoms with van der Waals surface area (Å²) >= 11 is 0. The van der Waals surface area contributed by atoms with Gasteiger partial charge < -0.3 is 14.4 Å². The van der Waals surface area contributed by atoms with E-state index in [1.165, 1.54) is 4.57 Å². The van der Waals surface area contributed by atoms with E-state index in [0.717, 1.165) is 19.4 Å². The highest BCUT2D eigenvalue weighted by molar-refractivity contribution is 7.91. The van der Waals surface area contributed by atoms with Gasteiger partial charge in [0.2, 0.25) is 0 Å². The van der Waals surface area contributed by atoms with Crippen LogP contribution in [-0.4, -0.2) is 59.1 Å². The first-order valence-corrected chi connectivity index (χ1v) is 15.7. The molecule has 0 radical (unpaired) electrons. The van der Waals surface area contributed by atoms with Gasteiger partial charge in [0.25, 0.3) is 14.4 Å². The molecule has 206 valence electrons. The fourth-order valence-corrected chi connectivity index (χ4v) is 8.38. The molecule has 1 amide bonds. The van der Waals surface area contributed by atoms with Crippen molar-refractivity contribution < 1.29 is 22.3 Å². The van der Waals surface area contributed by atoms with E-state index in [4.69, 9.17) is 9.05 Å². The van der Waals surface area contributed by atoms with Gasteiger partial charge in [-0.2, -0.15) is 4.98 Å². The second-order valence-electron chi connectivity index (χ2n) is 9.55. The van der Waals surface area contributed by atoms with E-state index in [-0.39, 0.29) is 41.1 Å².